The van der Waals surface area contributed by atoms with E-state index in [0.29, 0.717) is 19.4 Å². The topological polar surface area (TPSA) is 163 Å². The number of aliphatic carboxylic acids is 1. The van der Waals surface area contributed by atoms with Gasteiger partial charge in [-0.05, 0) is 67.2 Å². The fourth-order valence-electron chi connectivity index (χ4n) is 9.38. The number of carbonyl (C=O) groups is 6. The number of halogens is 3. The van der Waals surface area contributed by atoms with Crippen molar-refractivity contribution in [1.29, 1.82) is 0 Å². The maximum Gasteiger partial charge on any atom is 0.446 e. The van der Waals surface area contributed by atoms with Gasteiger partial charge in [0, 0.05) is 53.1 Å². The molecule has 2 N–H and O–H groups in total. The molecule has 382 valence electrons. The minimum atomic E-state index is -4.64. The van der Waals surface area contributed by atoms with Crippen molar-refractivity contribution < 1.29 is 56.5 Å². The Morgan fingerprint density at radius 2 is 1.46 bits per heavy atom. The Balaban J connectivity index is 0.00000247. The molecular weight excluding hydrogens is 882 g/mol. The van der Waals surface area contributed by atoms with Gasteiger partial charge in [0.25, 0.3) is 0 Å². The summed E-state index contributed by atoms with van der Waals surface area (Å²) in [6.45, 7) is 17.2. The zero-order valence-corrected chi connectivity index (χ0v) is 42.4. The van der Waals surface area contributed by atoms with E-state index in [1.807, 2.05) is 51.2 Å². The molecule has 1 aliphatic rings. The lowest BCUT2D eigenvalue weighted by Gasteiger charge is -2.41. The van der Waals surface area contributed by atoms with E-state index < -0.39 is 66.5 Å². The van der Waals surface area contributed by atoms with Crippen molar-refractivity contribution in [3.05, 3.63) is 71.3 Å². The van der Waals surface area contributed by atoms with Gasteiger partial charge in [0.05, 0.1) is 42.7 Å². The molecule has 0 saturated carbocycles. The van der Waals surface area contributed by atoms with E-state index in [4.69, 9.17) is 14.3 Å². The first-order valence-corrected chi connectivity index (χ1v) is 24.0. The lowest BCUT2D eigenvalue weighted by molar-refractivity contribution is -0.156. The zero-order valence-electron chi connectivity index (χ0n) is 42.4. The van der Waals surface area contributed by atoms with Crippen molar-refractivity contribution >= 4 is 35.8 Å². The van der Waals surface area contributed by atoms with E-state index in [-0.39, 0.29) is 60.7 Å². The number of alkyl halides is 3. The molecular formula is C52H79F3N4O9. The van der Waals surface area contributed by atoms with E-state index in [1.165, 1.54) is 18.2 Å². The van der Waals surface area contributed by atoms with Gasteiger partial charge in [-0.1, -0.05) is 116 Å². The van der Waals surface area contributed by atoms with Crippen molar-refractivity contribution in [1.82, 2.24) is 20.0 Å². The van der Waals surface area contributed by atoms with Crippen molar-refractivity contribution in [3.63, 3.8) is 0 Å². The highest BCUT2D eigenvalue weighted by Crippen LogP contribution is 2.31. The molecule has 0 unspecified atom stereocenters. The predicted octanol–water partition coefficient (Wildman–Crippen LogP) is 7.46. The van der Waals surface area contributed by atoms with Gasteiger partial charge in [0.15, 0.2) is 5.78 Å². The molecule has 3 rings (SSSR count). The summed E-state index contributed by atoms with van der Waals surface area (Å²) < 4.78 is 43.3. The van der Waals surface area contributed by atoms with Gasteiger partial charge in [0.1, 0.15) is 6.04 Å². The minimum Gasteiger partial charge on any atom is -0.480 e. The van der Waals surface area contributed by atoms with Crippen LogP contribution in [0.25, 0.3) is 0 Å². The number of aryl methyl sites for hydroxylation is 1. The fourth-order valence-corrected chi connectivity index (χ4v) is 9.38. The van der Waals surface area contributed by atoms with E-state index in [9.17, 15) is 42.3 Å². The van der Waals surface area contributed by atoms with Gasteiger partial charge in [-0.15, -0.1) is 0 Å². The molecule has 0 bridgehead atoms. The number of hydrogen-bond acceptors (Lipinski definition) is 9. The summed E-state index contributed by atoms with van der Waals surface area (Å²) in [6, 6.07) is 15.4. The molecule has 0 aromatic heterocycles. The lowest BCUT2D eigenvalue weighted by atomic mass is 9.83. The van der Waals surface area contributed by atoms with Crippen LogP contribution < -0.4 is 5.32 Å². The molecule has 68 heavy (non-hydrogen) atoms. The monoisotopic (exact) mass is 961 g/mol. The van der Waals surface area contributed by atoms with Crippen LogP contribution in [0.5, 0.6) is 0 Å². The Morgan fingerprint density at radius 1 is 0.868 bits per heavy atom. The minimum absolute atomic E-state index is 0.00146. The van der Waals surface area contributed by atoms with Crippen molar-refractivity contribution in [2.45, 2.75) is 149 Å². The molecule has 0 radical (unpaired) electrons. The summed E-state index contributed by atoms with van der Waals surface area (Å²) in [5.41, 5.74) is 3.31. The number of carbonyl (C=O) groups excluding carboxylic acids is 5. The Labute approximate surface area is 402 Å². The molecule has 13 nitrogen and oxygen atoms in total. The maximum absolute atomic E-state index is 14.6. The van der Waals surface area contributed by atoms with Crippen LogP contribution in [0.3, 0.4) is 0 Å². The van der Waals surface area contributed by atoms with E-state index in [1.54, 1.807) is 30.9 Å². The molecule has 0 spiro atoms. The summed E-state index contributed by atoms with van der Waals surface area (Å²) in [6.07, 6.45) is -2.92. The Morgan fingerprint density at radius 3 is 1.94 bits per heavy atom. The maximum atomic E-state index is 14.6. The zero-order chi connectivity index (χ0) is 51.5. The van der Waals surface area contributed by atoms with Gasteiger partial charge in [-0.25, -0.2) is 4.79 Å². The van der Waals surface area contributed by atoms with Crippen LogP contribution in [0.1, 0.15) is 104 Å². The third kappa shape index (κ3) is 18.0. The number of hydrogen-bond donors (Lipinski definition) is 2. The van der Waals surface area contributed by atoms with Gasteiger partial charge < -0.3 is 29.7 Å². The average Bonchev–Trinajstić information content (AvgIpc) is 3.79. The summed E-state index contributed by atoms with van der Waals surface area (Å²) in [5.74, 6) is -3.26. The number of Topliss-reactive ketones (excluding diaryl/α,β-unsaturated/α-hetero) is 1. The molecule has 9 atom stereocenters. The number of methoxy groups -OCH3 is 2. The largest absolute Gasteiger partial charge is 0.480 e. The lowest BCUT2D eigenvalue weighted by Crippen LogP contribution is -2.55. The fraction of sp³-hybridized carbons (Fsp3) is 0.654. The molecule has 1 saturated heterocycles. The number of nitrogens with one attached hydrogen (secondary N) is 1. The number of ketones is 1. The number of benzene rings is 2. The van der Waals surface area contributed by atoms with Gasteiger partial charge in [0.2, 0.25) is 24.0 Å². The molecule has 3 amide bonds. The van der Waals surface area contributed by atoms with Crippen LogP contribution >= 0.6 is 0 Å². The first-order valence-electron chi connectivity index (χ1n) is 24.0. The van der Waals surface area contributed by atoms with Crippen LogP contribution in [0.4, 0.5) is 13.2 Å². The third-order valence-electron chi connectivity index (χ3n) is 13.5. The molecule has 0 aliphatic carbocycles. The summed E-state index contributed by atoms with van der Waals surface area (Å²) >= 11 is 0. The number of carboxylic acid groups (broad SMARTS) is 1. The van der Waals surface area contributed by atoms with Crippen LogP contribution in [0.2, 0.25) is 0 Å². The smallest absolute Gasteiger partial charge is 0.446 e. The quantitative estimate of drug-likeness (QED) is 0.0906. The average molecular weight is 961 g/mol. The number of nitrogens with zero attached hydrogens (tertiary/aromatic N) is 3. The van der Waals surface area contributed by atoms with E-state index in [2.05, 4.69) is 69.1 Å². The SMILES string of the molecule is CCc1ccc(CCN(C)[C@H](C(=O)C[C@H](C(=O)N(C)[C@@H]([C@@H](C)CC)[C@@H](CC(=O)N2CCC[C@H]2[C@H](OC)[C@@H](C)C(=O)N[C@@H](Cc2ccccc2)C(=O)O)OC)C(C)C)C(C)C)cc1.O=CC(F)(F)F. The Kier molecular flexibility index (Phi) is 25.1. The van der Waals surface area contributed by atoms with Crippen LogP contribution in [0.15, 0.2) is 54.6 Å². The number of amides is 3. The van der Waals surface area contributed by atoms with Gasteiger partial charge in [-0.2, -0.15) is 13.2 Å². The number of likely N-dealkylation sites (tertiary alicyclic amines) is 1. The van der Waals surface area contributed by atoms with Gasteiger partial charge >= 0.3 is 12.1 Å². The number of rotatable bonds is 26. The Hall–Kier alpha value is -4.67. The summed E-state index contributed by atoms with van der Waals surface area (Å²) in [5, 5.41) is 12.6. The highest BCUT2D eigenvalue weighted by molar-refractivity contribution is 5.90. The van der Waals surface area contributed by atoms with Crippen LogP contribution in [-0.2, 0) is 57.5 Å². The first kappa shape index (κ1) is 59.5. The predicted molar refractivity (Wildman–Crippen MR) is 257 cm³/mol. The highest BCUT2D eigenvalue weighted by atomic mass is 19.4. The van der Waals surface area contributed by atoms with E-state index in [0.717, 1.165) is 31.4 Å². The molecule has 16 heteroatoms. The second-order valence-electron chi connectivity index (χ2n) is 18.9. The number of likely N-dealkylation sites (N-methyl/N-ethyl adjacent to an activating group) is 2. The number of carboxylic acids is 1. The second kappa shape index (κ2) is 28.7. The summed E-state index contributed by atoms with van der Waals surface area (Å²) in [4.78, 5) is 83.2. The molecule has 2 aromatic rings. The molecule has 1 aliphatic heterocycles. The van der Waals surface area contributed by atoms with Crippen molar-refractivity contribution in [2.24, 2.45) is 29.6 Å². The van der Waals surface area contributed by atoms with Crippen molar-refractivity contribution in [2.75, 3.05) is 41.4 Å². The Bertz CT molecular complexity index is 1880. The number of ether oxygens (including phenoxy) is 2. The second-order valence-corrected chi connectivity index (χ2v) is 18.9. The standard InChI is InChI=1S/C50H78N4O8.C2HF3O/c1-13-34(7)46(53(10)49(58)39(32(3)4)30-42(55)45(33(5)6)52(9)28-26-37-24-22-36(14-2)23-25-37)43(61-11)31-44(56)54-27-18-21-41(54)47(62-12)35(8)48(57)51-40(50(59)60)29-38-19-16-15-17-20-38;3-2(4,5)1-6/h15-17,19-20,22-25,32-35,39-41,43,45-47H,13-14,18,21,26-31H2,1-12H3,(H,51,57)(H,59,60);1H/t34-,35+,39-,40-,41-,43+,45-,46-,47+;/m0./s1. The summed E-state index contributed by atoms with van der Waals surface area (Å²) in [7, 11) is 6.84. The first-order chi connectivity index (χ1) is 32.0. The van der Waals surface area contributed by atoms with Gasteiger partial charge in [-0.3, -0.25) is 28.9 Å². The molecule has 1 fully saturated rings. The molecule has 1 heterocycles. The number of aldehydes is 1. The van der Waals surface area contributed by atoms with Crippen LogP contribution in [-0.4, -0.2) is 140 Å². The normalized spacial score (nSPS) is 17.6. The van der Waals surface area contributed by atoms with E-state index >= 15 is 0 Å². The molecule has 2 aromatic carbocycles. The van der Waals surface area contributed by atoms with Crippen molar-refractivity contribution in [3.8, 4) is 0 Å². The highest BCUT2D eigenvalue weighted by Gasteiger charge is 2.43. The van der Waals surface area contributed by atoms with Crippen LogP contribution in [0, 0.1) is 29.6 Å². The third-order valence-corrected chi connectivity index (χ3v) is 13.5.